The van der Waals surface area contributed by atoms with Crippen LogP contribution in [0.3, 0.4) is 0 Å². The fourth-order valence-corrected chi connectivity index (χ4v) is 3.47. The van der Waals surface area contributed by atoms with Crippen LogP contribution in [0.4, 0.5) is 4.39 Å². The number of halogens is 2. The number of nitrogens with zero attached hydrogens (tertiary/aromatic N) is 1. The zero-order valence-corrected chi connectivity index (χ0v) is 12.9. The molecule has 4 heteroatoms. The topological polar surface area (TPSA) is 29.3 Å². The van der Waals surface area contributed by atoms with Crippen LogP contribution in [0.15, 0.2) is 18.2 Å². The van der Waals surface area contributed by atoms with E-state index in [-0.39, 0.29) is 11.9 Å². The van der Waals surface area contributed by atoms with Crippen molar-refractivity contribution in [3.8, 4) is 0 Å². The standard InChI is InChI=1S/C16H24ClFN2/c1-2-5-13-6-3-4-9-20(13)16(11-19)14-10-12(17)7-8-15(14)18/h7-8,10,13,16H,2-6,9,11,19H2,1H3. The van der Waals surface area contributed by atoms with E-state index in [2.05, 4.69) is 11.8 Å². The van der Waals surface area contributed by atoms with Gasteiger partial charge in [0, 0.05) is 23.2 Å². The summed E-state index contributed by atoms with van der Waals surface area (Å²) >= 11 is 6.03. The molecule has 0 amide bonds. The molecule has 2 N–H and O–H groups in total. The van der Waals surface area contributed by atoms with E-state index in [1.54, 1.807) is 12.1 Å². The van der Waals surface area contributed by atoms with E-state index >= 15 is 0 Å². The molecule has 1 saturated heterocycles. The van der Waals surface area contributed by atoms with Gasteiger partial charge < -0.3 is 5.73 Å². The van der Waals surface area contributed by atoms with Crippen LogP contribution < -0.4 is 5.73 Å². The maximum atomic E-state index is 14.1. The Hall–Kier alpha value is -0.640. The molecule has 1 fully saturated rings. The van der Waals surface area contributed by atoms with E-state index in [0.29, 0.717) is 23.2 Å². The Morgan fingerprint density at radius 2 is 2.25 bits per heavy atom. The lowest BCUT2D eigenvalue weighted by atomic mass is 9.93. The zero-order chi connectivity index (χ0) is 14.5. The Morgan fingerprint density at radius 1 is 1.45 bits per heavy atom. The van der Waals surface area contributed by atoms with Crippen LogP contribution in [0.1, 0.15) is 50.6 Å². The Balaban J connectivity index is 2.27. The van der Waals surface area contributed by atoms with E-state index in [4.69, 9.17) is 17.3 Å². The van der Waals surface area contributed by atoms with Gasteiger partial charge in [-0.05, 0) is 44.0 Å². The Labute approximate surface area is 126 Å². The summed E-state index contributed by atoms with van der Waals surface area (Å²) in [4.78, 5) is 2.39. The van der Waals surface area contributed by atoms with Gasteiger partial charge in [-0.2, -0.15) is 0 Å². The number of benzene rings is 1. The summed E-state index contributed by atoms with van der Waals surface area (Å²) in [5, 5.41) is 0.573. The molecule has 0 aliphatic carbocycles. The molecule has 0 bridgehead atoms. The molecule has 1 aromatic carbocycles. The van der Waals surface area contributed by atoms with Crippen molar-refractivity contribution in [1.82, 2.24) is 4.90 Å². The van der Waals surface area contributed by atoms with Gasteiger partial charge in [-0.15, -0.1) is 0 Å². The molecule has 0 radical (unpaired) electrons. The Morgan fingerprint density at radius 3 is 2.95 bits per heavy atom. The highest BCUT2D eigenvalue weighted by molar-refractivity contribution is 6.30. The third-order valence-corrected chi connectivity index (χ3v) is 4.47. The number of hydrogen-bond donors (Lipinski definition) is 1. The van der Waals surface area contributed by atoms with Crippen LogP contribution in [-0.4, -0.2) is 24.0 Å². The lowest BCUT2D eigenvalue weighted by molar-refractivity contribution is 0.0894. The van der Waals surface area contributed by atoms with E-state index < -0.39 is 0 Å². The summed E-state index contributed by atoms with van der Waals surface area (Å²) in [6.07, 6.45) is 5.91. The predicted octanol–water partition coefficient (Wildman–Crippen LogP) is 4.13. The van der Waals surface area contributed by atoms with Crippen molar-refractivity contribution in [3.05, 3.63) is 34.6 Å². The number of nitrogens with two attached hydrogens (primary N) is 1. The molecule has 0 spiro atoms. The molecule has 112 valence electrons. The van der Waals surface area contributed by atoms with Crippen molar-refractivity contribution < 1.29 is 4.39 Å². The van der Waals surface area contributed by atoms with Gasteiger partial charge in [0.1, 0.15) is 5.82 Å². The van der Waals surface area contributed by atoms with Gasteiger partial charge in [0.05, 0.1) is 6.04 Å². The minimum Gasteiger partial charge on any atom is -0.329 e. The number of hydrogen-bond acceptors (Lipinski definition) is 2. The monoisotopic (exact) mass is 298 g/mol. The summed E-state index contributed by atoms with van der Waals surface area (Å²) in [6.45, 7) is 3.63. The Kier molecular flexibility index (Phi) is 5.82. The van der Waals surface area contributed by atoms with Gasteiger partial charge in [-0.1, -0.05) is 31.4 Å². The molecule has 2 unspecified atom stereocenters. The molecule has 1 aliphatic rings. The first kappa shape index (κ1) is 15.7. The van der Waals surface area contributed by atoms with Gasteiger partial charge in [-0.25, -0.2) is 4.39 Å². The molecule has 0 aromatic heterocycles. The summed E-state index contributed by atoms with van der Waals surface area (Å²) in [5.74, 6) is -0.203. The van der Waals surface area contributed by atoms with Crippen LogP contribution in [0, 0.1) is 5.82 Å². The van der Waals surface area contributed by atoms with Gasteiger partial charge in [0.2, 0.25) is 0 Å². The first-order chi connectivity index (χ1) is 9.67. The van der Waals surface area contributed by atoms with Crippen molar-refractivity contribution in [2.45, 2.75) is 51.1 Å². The number of rotatable bonds is 5. The van der Waals surface area contributed by atoms with Crippen LogP contribution in [0.2, 0.25) is 5.02 Å². The molecule has 1 aromatic rings. The molecule has 2 rings (SSSR count). The average Bonchev–Trinajstić information content (AvgIpc) is 2.45. The molecule has 0 saturated carbocycles. The smallest absolute Gasteiger partial charge is 0.128 e. The van der Waals surface area contributed by atoms with Crippen molar-refractivity contribution >= 4 is 11.6 Å². The van der Waals surface area contributed by atoms with Gasteiger partial charge >= 0.3 is 0 Å². The first-order valence-electron chi connectivity index (χ1n) is 7.58. The zero-order valence-electron chi connectivity index (χ0n) is 12.1. The number of likely N-dealkylation sites (tertiary alicyclic amines) is 1. The molecule has 2 nitrogen and oxygen atoms in total. The van der Waals surface area contributed by atoms with E-state index in [0.717, 1.165) is 19.4 Å². The van der Waals surface area contributed by atoms with E-state index in [1.807, 2.05) is 0 Å². The second kappa shape index (κ2) is 7.39. The highest BCUT2D eigenvalue weighted by atomic mass is 35.5. The largest absolute Gasteiger partial charge is 0.329 e. The van der Waals surface area contributed by atoms with E-state index in [9.17, 15) is 4.39 Å². The third-order valence-electron chi connectivity index (χ3n) is 4.24. The summed E-state index contributed by atoms with van der Waals surface area (Å²) < 4.78 is 14.1. The molecule has 2 atom stereocenters. The second-order valence-corrected chi connectivity index (χ2v) is 6.03. The quantitative estimate of drug-likeness (QED) is 0.885. The number of piperidine rings is 1. The third kappa shape index (κ3) is 3.51. The molecule has 1 heterocycles. The lowest BCUT2D eigenvalue weighted by Crippen LogP contribution is -2.44. The van der Waals surface area contributed by atoms with Crippen LogP contribution in [0.5, 0.6) is 0 Å². The van der Waals surface area contributed by atoms with Crippen LogP contribution in [-0.2, 0) is 0 Å². The van der Waals surface area contributed by atoms with Crippen molar-refractivity contribution in [2.75, 3.05) is 13.1 Å². The fourth-order valence-electron chi connectivity index (χ4n) is 3.29. The maximum Gasteiger partial charge on any atom is 0.128 e. The summed E-state index contributed by atoms with van der Waals surface area (Å²) in [6, 6.07) is 5.21. The maximum absolute atomic E-state index is 14.1. The second-order valence-electron chi connectivity index (χ2n) is 5.59. The lowest BCUT2D eigenvalue weighted by Gasteiger charge is -2.41. The highest BCUT2D eigenvalue weighted by Gasteiger charge is 2.30. The minimum absolute atomic E-state index is 0.0643. The molecule has 1 aliphatic heterocycles. The van der Waals surface area contributed by atoms with Crippen molar-refractivity contribution in [3.63, 3.8) is 0 Å². The predicted molar refractivity (Wildman–Crippen MR) is 82.5 cm³/mol. The van der Waals surface area contributed by atoms with Crippen LogP contribution in [0.25, 0.3) is 0 Å². The summed E-state index contributed by atoms with van der Waals surface area (Å²) in [7, 11) is 0. The normalized spacial score (nSPS) is 21.9. The minimum atomic E-state index is -0.203. The van der Waals surface area contributed by atoms with Crippen LogP contribution >= 0.6 is 11.6 Å². The summed E-state index contributed by atoms with van der Waals surface area (Å²) in [5.41, 5.74) is 6.60. The van der Waals surface area contributed by atoms with Crippen molar-refractivity contribution in [2.24, 2.45) is 5.73 Å². The first-order valence-corrected chi connectivity index (χ1v) is 7.96. The van der Waals surface area contributed by atoms with Crippen molar-refractivity contribution in [1.29, 1.82) is 0 Å². The SMILES string of the molecule is CCCC1CCCCN1C(CN)c1cc(Cl)ccc1F. The molecule has 20 heavy (non-hydrogen) atoms. The Bertz CT molecular complexity index is 436. The average molecular weight is 299 g/mol. The van der Waals surface area contributed by atoms with Gasteiger partial charge in [-0.3, -0.25) is 4.90 Å². The molecular formula is C16H24ClFN2. The molecular weight excluding hydrogens is 275 g/mol. The van der Waals surface area contributed by atoms with E-state index in [1.165, 1.54) is 25.3 Å². The van der Waals surface area contributed by atoms with Gasteiger partial charge in [0.25, 0.3) is 0 Å². The van der Waals surface area contributed by atoms with Gasteiger partial charge in [0.15, 0.2) is 0 Å². The fraction of sp³-hybridized carbons (Fsp3) is 0.625. The highest BCUT2D eigenvalue weighted by Crippen LogP contribution is 2.32.